The van der Waals surface area contributed by atoms with Crippen LogP contribution in [0.15, 0.2) is 54.7 Å². The molecule has 2 fully saturated rings. The SMILES string of the molecule is O=C(C1C=C(c2cccc(C(F)(F)F)c2)NO1)N1CC[C@H](NC2CCC(O)(c3ccccn3)CC2)C1. The van der Waals surface area contributed by atoms with Gasteiger partial charge in [0.1, 0.15) is 5.60 Å². The summed E-state index contributed by atoms with van der Waals surface area (Å²) in [5.41, 5.74) is 2.32. The molecule has 1 saturated carbocycles. The summed E-state index contributed by atoms with van der Waals surface area (Å²) in [6.07, 6.45) is 1.57. The maximum atomic E-state index is 13.0. The zero-order valence-electron chi connectivity index (χ0n) is 19.7. The van der Waals surface area contributed by atoms with E-state index < -0.39 is 23.4 Å². The van der Waals surface area contributed by atoms with Crippen LogP contribution in [0.25, 0.3) is 5.70 Å². The number of carbonyl (C=O) groups is 1. The predicted molar refractivity (Wildman–Crippen MR) is 126 cm³/mol. The van der Waals surface area contributed by atoms with Gasteiger partial charge in [-0.15, -0.1) is 0 Å². The van der Waals surface area contributed by atoms with Crippen molar-refractivity contribution in [3.05, 3.63) is 71.6 Å². The Balaban J connectivity index is 1.13. The number of hydrogen-bond acceptors (Lipinski definition) is 6. The zero-order valence-corrected chi connectivity index (χ0v) is 19.7. The Labute approximate surface area is 207 Å². The molecule has 0 radical (unpaired) electrons. The Hall–Kier alpha value is -2.95. The predicted octanol–water partition coefficient (Wildman–Crippen LogP) is 3.37. The van der Waals surface area contributed by atoms with Gasteiger partial charge in [0.05, 0.1) is 17.0 Å². The smallest absolute Gasteiger partial charge is 0.384 e. The fourth-order valence-electron chi connectivity index (χ4n) is 5.25. The molecule has 1 saturated heterocycles. The van der Waals surface area contributed by atoms with Crippen molar-refractivity contribution in [3.8, 4) is 0 Å². The normalized spacial score (nSPS) is 28.6. The standard InChI is InChI=1S/C26H29F3N4O3/c27-26(28,29)18-5-3-4-17(14-18)21-15-22(36-32-21)24(34)33-13-9-20(16-33)31-19-7-10-25(35,11-8-19)23-6-1-2-12-30-23/h1-6,12,14-15,19-20,22,31-32,35H,7-11,13,16H2/t19?,20-,22?,25?/m0/s1. The Morgan fingerprint density at radius 3 is 2.67 bits per heavy atom. The molecule has 1 amide bonds. The van der Waals surface area contributed by atoms with Crippen molar-refractivity contribution in [3.63, 3.8) is 0 Å². The molecule has 10 heteroatoms. The van der Waals surface area contributed by atoms with Crippen LogP contribution < -0.4 is 10.8 Å². The summed E-state index contributed by atoms with van der Waals surface area (Å²) in [6.45, 7) is 1.11. The van der Waals surface area contributed by atoms with Gasteiger partial charge < -0.3 is 15.3 Å². The van der Waals surface area contributed by atoms with Gasteiger partial charge in [0.2, 0.25) is 0 Å². The van der Waals surface area contributed by atoms with E-state index in [0.29, 0.717) is 42.9 Å². The molecule has 2 atom stereocenters. The van der Waals surface area contributed by atoms with Crippen molar-refractivity contribution in [1.29, 1.82) is 0 Å². The molecule has 2 aliphatic heterocycles. The third-order valence-electron chi connectivity index (χ3n) is 7.28. The van der Waals surface area contributed by atoms with E-state index in [1.165, 1.54) is 12.1 Å². The fourth-order valence-corrected chi connectivity index (χ4v) is 5.25. The topological polar surface area (TPSA) is 86.7 Å². The van der Waals surface area contributed by atoms with Crippen LogP contribution in [0.3, 0.4) is 0 Å². The van der Waals surface area contributed by atoms with Crippen molar-refractivity contribution >= 4 is 11.6 Å². The highest BCUT2D eigenvalue weighted by atomic mass is 19.4. The molecule has 36 heavy (non-hydrogen) atoms. The Bertz CT molecular complexity index is 1120. The van der Waals surface area contributed by atoms with Crippen molar-refractivity contribution in [2.24, 2.45) is 0 Å². The first kappa shape index (κ1) is 24.7. The molecular formula is C26H29F3N4O3. The van der Waals surface area contributed by atoms with E-state index in [1.807, 2.05) is 18.2 Å². The quantitative estimate of drug-likeness (QED) is 0.582. The summed E-state index contributed by atoms with van der Waals surface area (Å²) in [7, 11) is 0. The Morgan fingerprint density at radius 2 is 1.94 bits per heavy atom. The van der Waals surface area contributed by atoms with Gasteiger partial charge in [-0.3, -0.25) is 20.1 Å². The van der Waals surface area contributed by atoms with Crippen LogP contribution in [0.4, 0.5) is 13.2 Å². The maximum absolute atomic E-state index is 13.0. The molecule has 1 unspecified atom stereocenters. The van der Waals surface area contributed by atoms with Crippen LogP contribution in [-0.2, 0) is 21.4 Å². The van der Waals surface area contributed by atoms with Gasteiger partial charge in [-0.25, -0.2) is 0 Å². The molecule has 1 aromatic heterocycles. The highest BCUT2D eigenvalue weighted by Gasteiger charge is 2.38. The van der Waals surface area contributed by atoms with Gasteiger partial charge in [0.25, 0.3) is 5.91 Å². The van der Waals surface area contributed by atoms with E-state index >= 15 is 0 Å². The van der Waals surface area contributed by atoms with Crippen molar-refractivity contribution in [2.75, 3.05) is 13.1 Å². The highest BCUT2D eigenvalue weighted by Crippen LogP contribution is 2.36. The van der Waals surface area contributed by atoms with Gasteiger partial charge >= 0.3 is 6.18 Å². The number of amides is 1. The summed E-state index contributed by atoms with van der Waals surface area (Å²) in [5.74, 6) is -0.220. The number of aliphatic hydroxyl groups is 1. The summed E-state index contributed by atoms with van der Waals surface area (Å²) in [4.78, 5) is 24.4. The molecule has 5 rings (SSSR count). The van der Waals surface area contributed by atoms with Crippen LogP contribution >= 0.6 is 0 Å². The average Bonchev–Trinajstić information content (AvgIpc) is 3.56. The maximum Gasteiger partial charge on any atom is 0.416 e. The summed E-state index contributed by atoms with van der Waals surface area (Å²) in [6, 6.07) is 10.9. The third kappa shape index (κ3) is 5.25. The zero-order chi connectivity index (χ0) is 25.3. The monoisotopic (exact) mass is 502 g/mol. The minimum atomic E-state index is -4.45. The van der Waals surface area contributed by atoms with Crippen LogP contribution in [0.5, 0.6) is 0 Å². The van der Waals surface area contributed by atoms with E-state index in [1.54, 1.807) is 17.2 Å². The first-order valence-electron chi connectivity index (χ1n) is 12.2. The molecule has 3 N–H and O–H groups in total. The summed E-state index contributed by atoms with van der Waals surface area (Å²) >= 11 is 0. The number of hydroxylamine groups is 1. The number of nitrogens with zero attached hydrogens (tertiary/aromatic N) is 2. The number of hydrogen-bond donors (Lipinski definition) is 3. The minimum Gasteiger partial charge on any atom is -0.384 e. The van der Waals surface area contributed by atoms with Gasteiger partial charge in [-0.05, 0) is 62.4 Å². The number of rotatable bonds is 5. The van der Waals surface area contributed by atoms with Crippen molar-refractivity contribution in [1.82, 2.24) is 20.7 Å². The fraction of sp³-hybridized carbons (Fsp3) is 0.462. The number of benzene rings is 1. The number of halogens is 3. The van der Waals surface area contributed by atoms with Gasteiger partial charge in [0.15, 0.2) is 6.10 Å². The summed E-state index contributed by atoms with van der Waals surface area (Å²) < 4.78 is 39.1. The van der Waals surface area contributed by atoms with Gasteiger partial charge in [-0.1, -0.05) is 18.2 Å². The van der Waals surface area contributed by atoms with Gasteiger partial charge in [0, 0.05) is 36.9 Å². The Kier molecular flexibility index (Phi) is 6.76. The number of carbonyl (C=O) groups excluding carboxylic acids is 1. The summed E-state index contributed by atoms with van der Waals surface area (Å²) in [5, 5.41) is 14.6. The molecule has 192 valence electrons. The number of alkyl halides is 3. The number of nitrogens with one attached hydrogen (secondary N) is 2. The van der Waals surface area contributed by atoms with Crippen LogP contribution in [-0.4, -0.2) is 52.2 Å². The minimum absolute atomic E-state index is 0.140. The molecule has 3 heterocycles. The van der Waals surface area contributed by atoms with Crippen molar-refractivity contribution < 1.29 is 27.9 Å². The number of aromatic nitrogens is 1. The van der Waals surface area contributed by atoms with E-state index in [4.69, 9.17) is 4.84 Å². The molecule has 3 aliphatic rings. The number of pyridine rings is 1. The first-order chi connectivity index (χ1) is 17.2. The second kappa shape index (κ2) is 9.84. The van der Waals surface area contributed by atoms with E-state index in [0.717, 1.165) is 31.4 Å². The first-order valence-corrected chi connectivity index (χ1v) is 12.2. The highest BCUT2D eigenvalue weighted by molar-refractivity contribution is 5.86. The lowest BCUT2D eigenvalue weighted by Gasteiger charge is -2.37. The lowest BCUT2D eigenvalue weighted by atomic mass is 9.79. The number of likely N-dealkylation sites (tertiary alicyclic amines) is 1. The van der Waals surface area contributed by atoms with E-state index in [2.05, 4.69) is 15.8 Å². The third-order valence-corrected chi connectivity index (χ3v) is 7.28. The average molecular weight is 503 g/mol. The molecule has 1 aliphatic carbocycles. The molecular weight excluding hydrogens is 473 g/mol. The van der Waals surface area contributed by atoms with Crippen LogP contribution in [0.2, 0.25) is 0 Å². The van der Waals surface area contributed by atoms with Gasteiger partial charge in [-0.2, -0.15) is 13.2 Å². The lowest BCUT2D eigenvalue weighted by molar-refractivity contribution is -0.141. The van der Waals surface area contributed by atoms with Crippen molar-refractivity contribution in [2.45, 2.75) is 62.1 Å². The lowest BCUT2D eigenvalue weighted by Crippen LogP contribution is -2.46. The Morgan fingerprint density at radius 1 is 1.14 bits per heavy atom. The molecule has 2 aromatic rings. The molecule has 1 aromatic carbocycles. The van der Waals surface area contributed by atoms with Crippen LogP contribution in [0.1, 0.15) is 48.9 Å². The molecule has 0 spiro atoms. The second-order valence-corrected chi connectivity index (χ2v) is 9.76. The van der Waals surface area contributed by atoms with E-state index in [9.17, 15) is 23.1 Å². The molecule has 0 bridgehead atoms. The van der Waals surface area contributed by atoms with Crippen LogP contribution in [0, 0.1) is 0 Å². The largest absolute Gasteiger partial charge is 0.416 e. The molecule has 7 nitrogen and oxygen atoms in total. The second-order valence-electron chi connectivity index (χ2n) is 9.76. The van der Waals surface area contributed by atoms with E-state index in [-0.39, 0.29) is 18.0 Å².